The van der Waals surface area contributed by atoms with Gasteiger partial charge in [0.1, 0.15) is 0 Å². The summed E-state index contributed by atoms with van der Waals surface area (Å²) >= 11 is 1.77. The van der Waals surface area contributed by atoms with Crippen molar-refractivity contribution in [1.29, 1.82) is 0 Å². The minimum Gasteiger partial charge on any atom is -0.381 e. The van der Waals surface area contributed by atoms with Crippen molar-refractivity contribution in [2.45, 2.75) is 33.1 Å². The Bertz CT molecular complexity index is 656. The van der Waals surface area contributed by atoms with Gasteiger partial charge in [0.2, 0.25) is 0 Å². The largest absolute Gasteiger partial charge is 0.381 e. The van der Waals surface area contributed by atoms with Crippen molar-refractivity contribution in [2.24, 2.45) is 4.99 Å². The van der Waals surface area contributed by atoms with Crippen molar-refractivity contribution in [3.63, 3.8) is 0 Å². The Hall–Kier alpha value is -1.19. The molecule has 0 radical (unpaired) electrons. The monoisotopic (exact) mass is 502 g/mol. The van der Waals surface area contributed by atoms with E-state index in [4.69, 9.17) is 4.74 Å². The van der Waals surface area contributed by atoms with Gasteiger partial charge < -0.3 is 15.4 Å². The molecule has 1 aromatic carbocycles. The van der Waals surface area contributed by atoms with Crippen LogP contribution >= 0.6 is 35.3 Å². The molecule has 0 spiro atoms. The molecule has 7 heteroatoms. The molecule has 0 aliphatic rings. The zero-order valence-electron chi connectivity index (χ0n) is 16.5. The molecule has 2 N–H and O–H groups in total. The van der Waals surface area contributed by atoms with Gasteiger partial charge in [-0.3, -0.25) is 4.99 Å². The van der Waals surface area contributed by atoms with Crippen LogP contribution in [0.25, 0.3) is 0 Å². The maximum atomic E-state index is 5.70. The van der Waals surface area contributed by atoms with Crippen LogP contribution in [0, 0.1) is 13.8 Å². The molecule has 0 saturated carbocycles. The van der Waals surface area contributed by atoms with Crippen LogP contribution in [0.3, 0.4) is 0 Å². The van der Waals surface area contributed by atoms with Crippen LogP contribution in [-0.4, -0.2) is 44.3 Å². The Balaban J connectivity index is 0.00000364. The number of ether oxygens (including phenoxy) is 1. The van der Waals surface area contributed by atoms with E-state index in [-0.39, 0.29) is 24.0 Å². The number of halogens is 1. The van der Waals surface area contributed by atoms with E-state index < -0.39 is 0 Å². The predicted octanol–water partition coefficient (Wildman–Crippen LogP) is 3.73. The number of thiazole rings is 1. The number of benzene rings is 1. The van der Waals surface area contributed by atoms with E-state index in [0.29, 0.717) is 0 Å². The highest BCUT2D eigenvalue weighted by Crippen LogP contribution is 2.16. The van der Waals surface area contributed by atoms with Gasteiger partial charge in [0.25, 0.3) is 0 Å². The first-order valence-electron chi connectivity index (χ1n) is 9.18. The van der Waals surface area contributed by atoms with Crippen LogP contribution in [0.5, 0.6) is 0 Å². The first-order valence-corrected chi connectivity index (χ1v) is 10.00. The van der Waals surface area contributed by atoms with E-state index in [9.17, 15) is 0 Å². The fourth-order valence-corrected chi connectivity index (χ4v) is 3.41. The highest BCUT2D eigenvalue weighted by molar-refractivity contribution is 14.0. The summed E-state index contributed by atoms with van der Waals surface area (Å²) in [6.07, 6.45) is 2.84. The first kappa shape index (κ1) is 23.8. The maximum Gasteiger partial charge on any atom is 0.190 e. The van der Waals surface area contributed by atoms with Crippen LogP contribution in [0.15, 0.2) is 35.3 Å². The molecule has 0 aliphatic carbocycles. The zero-order valence-corrected chi connectivity index (χ0v) is 19.6. The third-order valence-electron chi connectivity index (χ3n) is 4.06. The minimum absolute atomic E-state index is 0. The molecule has 1 heterocycles. The number of hydrogen-bond acceptors (Lipinski definition) is 4. The van der Waals surface area contributed by atoms with Gasteiger partial charge in [0, 0.05) is 38.0 Å². The van der Waals surface area contributed by atoms with E-state index in [1.807, 2.05) is 6.07 Å². The smallest absolute Gasteiger partial charge is 0.190 e. The van der Waals surface area contributed by atoms with Crippen LogP contribution in [0.2, 0.25) is 0 Å². The van der Waals surface area contributed by atoms with Crippen molar-refractivity contribution in [3.05, 3.63) is 51.5 Å². The Morgan fingerprint density at radius 1 is 1.07 bits per heavy atom. The second-order valence-electron chi connectivity index (χ2n) is 6.13. The van der Waals surface area contributed by atoms with Gasteiger partial charge in [0.15, 0.2) is 5.96 Å². The van der Waals surface area contributed by atoms with Crippen LogP contribution < -0.4 is 10.6 Å². The average molecular weight is 502 g/mol. The molecule has 1 aromatic heterocycles. The lowest BCUT2D eigenvalue weighted by molar-refractivity contribution is 0.135. The van der Waals surface area contributed by atoms with Crippen LogP contribution in [0.4, 0.5) is 0 Å². The molecule has 0 aliphatic heterocycles. The summed E-state index contributed by atoms with van der Waals surface area (Å²) in [4.78, 5) is 10.1. The molecular weight excluding hydrogens is 471 g/mol. The minimum atomic E-state index is 0. The molecule has 5 nitrogen and oxygen atoms in total. The zero-order chi connectivity index (χ0) is 18.6. The van der Waals surface area contributed by atoms with Crippen molar-refractivity contribution in [3.8, 4) is 0 Å². The molecule has 0 amide bonds. The van der Waals surface area contributed by atoms with Crippen molar-refractivity contribution in [2.75, 3.05) is 33.4 Å². The molecule has 0 atom stereocenters. The van der Waals surface area contributed by atoms with Crippen LogP contribution in [0.1, 0.15) is 27.6 Å². The third-order valence-corrected chi connectivity index (χ3v) is 5.20. The summed E-state index contributed by atoms with van der Waals surface area (Å²) in [7, 11) is 1.80. The Morgan fingerprint density at radius 3 is 2.48 bits per heavy atom. The van der Waals surface area contributed by atoms with Crippen molar-refractivity contribution in [1.82, 2.24) is 15.6 Å². The number of nitrogens with one attached hydrogen (secondary N) is 2. The fraction of sp³-hybridized carbons (Fsp3) is 0.500. The molecule has 0 saturated heterocycles. The van der Waals surface area contributed by atoms with Crippen molar-refractivity contribution >= 4 is 41.3 Å². The van der Waals surface area contributed by atoms with Crippen LogP contribution in [-0.2, 0) is 17.6 Å². The number of aromatic nitrogens is 1. The fourth-order valence-electron chi connectivity index (χ4n) is 2.47. The van der Waals surface area contributed by atoms with E-state index in [0.717, 1.165) is 57.2 Å². The number of aryl methyl sites for hydroxylation is 2. The quantitative estimate of drug-likeness (QED) is 0.225. The van der Waals surface area contributed by atoms with E-state index in [1.165, 1.54) is 15.4 Å². The summed E-state index contributed by atoms with van der Waals surface area (Å²) < 4.78 is 5.70. The Morgan fingerprint density at radius 2 is 1.81 bits per heavy atom. The average Bonchev–Trinajstić information content (AvgIpc) is 2.98. The molecular formula is C20H31IN4OS. The van der Waals surface area contributed by atoms with E-state index in [1.54, 1.807) is 18.4 Å². The van der Waals surface area contributed by atoms with E-state index in [2.05, 4.69) is 58.7 Å². The number of rotatable bonds is 10. The van der Waals surface area contributed by atoms with Crippen molar-refractivity contribution < 1.29 is 4.74 Å². The summed E-state index contributed by atoms with van der Waals surface area (Å²) in [5.74, 6) is 0.833. The second-order valence-corrected chi connectivity index (χ2v) is 7.41. The standard InChI is InChI=1S/C20H30N4OS.HI/c1-16-17(2)26-19(24-16)10-13-23-20(21-3)22-12-7-14-25-15-11-18-8-5-4-6-9-18;/h4-6,8-9H,7,10-15H2,1-3H3,(H2,21,22,23);1H. The number of aliphatic imine (C=N–C) groups is 1. The summed E-state index contributed by atoms with van der Waals surface area (Å²) in [5, 5.41) is 7.83. The third kappa shape index (κ3) is 9.53. The van der Waals surface area contributed by atoms with E-state index >= 15 is 0 Å². The highest BCUT2D eigenvalue weighted by Gasteiger charge is 2.04. The number of nitrogens with zero attached hydrogens (tertiary/aromatic N) is 2. The number of guanidine groups is 1. The lowest BCUT2D eigenvalue weighted by atomic mass is 10.2. The van der Waals surface area contributed by atoms with Gasteiger partial charge in [-0.25, -0.2) is 4.98 Å². The van der Waals surface area contributed by atoms with Gasteiger partial charge >= 0.3 is 0 Å². The summed E-state index contributed by atoms with van der Waals surface area (Å²) in [5.41, 5.74) is 2.46. The summed E-state index contributed by atoms with van der Waals surface area (Å²) in [6.45, 7) is 7.38. The molecule has 2 rings (SSSR count). The summed E-state index contributed by atoms with van der Waals surface area (Å²) in [6, 6.07) is 10.4. The lowest BCUT2D eigenvalue weighted by Gasteiger charge is -2.11. The predicted molar refractivity (Wildman–Crippen MR) is 126 cm³/mol. The lowest BCUT2D eigenvalue weighted by Crippen LogP contribution is -2.39. The second kappa shape index (κ2) is 13.9. The Kier molecular flexibility index (Phi) is 12.3. The van der Waals surface area contributed by atoms with Gasteiger partial charge in [-0.15, -0.1) is 35.3 Å². The molecule has 27 heavy (non-hydrogen) atoms. The molecule has 150 valence electrons. The molecule has 2 aromatic rings. The maximum absolute atomic E-state index is 5.70. The van der Waals surface area contributed by atoms with Gasteiger partial charge in [-0.05, 0) is 32.3 Å². The molecule has 0 unspecified atom stereocenters. The van der Waals surface area contributed by atoms with Gasteiger partial charge in [-0.1, -0.05) is 30.3 Å². The highest BCUT2D eigenvalue weighted by atomic mass is 127. The normalized spacial score (nSPS) is 11.1. The van der Waals surface area contributed by atoms with Gasteiger partial charge in [-0.2, -0.15) is 0 Å². The first-order chi connectivity index (χ1) is 12.7. The molecule has 0 bridgehead atoms. The SMILES string of the molecule is CN=C(NCCCOCCc1ccccc1)NCCc1nc(C)c(C)s1.I. The topological polar surface area (TPSA) is 58.5 Å². The Labute approximate surface area is 184 Å². The molecule has 0 fully saturated rings. The number of hydrogen-bond donors (Lipinski definition) is 2. The van der Waals surface area contributed by atoms with Gasteiger partial charge in [0.05, 0.1) is 17.3 Å².